The predicted molar refractivity (Wildman–Crippen MR) is 92.6 cm³/mol. The Labute approximate surface area is 151 Å². The van der Waals surface area contributed by atoms with E-state index in [-0.39, 0.29) is 28.2 Å². The molecule has 0 unspecified atom stereocenters. The molecule has 0 aliphatic heterocycles. The largest absolute Gasteiger partial charge is 0.452 e. The molecule has 0 spiro atoms. The standard InChI is InChI=1S/C17H21ClN2O5/c1-11-3-6-13(7-4-11)19(2)16(21)10-25-17(22)12-5-8-14(18)15(9-12)20(23)24/h5,8-9,11,13H,3-4,6-7,10H2,1-2H3. The van der Waals surface area contributed by atoms with E-state index in [0.717, 1.165) is 31.7 Å². The summed E-state index contributed by atoms with van der Waals surface area (Å²) in [7, 11) is 1.71. The molecule has 0 saturated heterocycles. The Morgan fingerprint density at radius 2 is 1.96 bits per heavy atom. The number of likely N-dealkylation sites (N-methyl/N-ethyl adjacent to an activating group) is 1. The highest BCUT2D eigenvalue weighted by atomic mass is 35.5. The van der Waals surface area contributed by atoms with Crippen molar-refractivity contribution in [2.75, 3.05) is 13.7 Å². The molecule has 1 fully saturated rings. The van der Waals surface area contributed by atoms with Crippen LogP contribution in [0.2, 0.25) is 5.02 Å². The summed E-state index contributed by atoms with van der Waals surface area (Å²) >= 11 is 5.71. The lowest BCUT2D eigenvalue weighted by Crippen LogP contribution is -2.41. The fourth-order valence-electron chi connectivity index (χ4n) is 2.93. The molecule has 1 saturated carbocycles. The number of nitrogens with zero attached hydrogens (tertiary/aromatic N) is 2. The summed E-state index contributed by atoms with van der Waals surface area (Å²) in [6.07, 6.45) is 4.05. The van der Waals surface area contributed by atoms with Crippen LogP contribution >= 0.6 is 11.6 Å². The van der Waals surface area contributed by atoms with Crippen molar-refractivity contribution in [1.82, 2.24) is 4.90 Å². The minimum Gasteiger partial charge on any atom is -0.452 e. The van der Waals surface area contributed by atoms with Crippen LogP contribution < -0.4 is 0 Å². The van der Waals surface area contributed by atoms with Gasteiger partial charge in [-0.1, -0.05) is 18.5 Å². The second-order valence-corrected chi connectivity index (χ2v) is 6.82. The van der Waals surface area contributed by atoms with Gasteiger partial charge in [0, 0.05) is 19.2 Å². The Bertz CT molecular complexity index is 671. The number of nitro benzene ring substituents is 1. The van der Waals surface area contributed by atoms with Crippen LogP contribution in [0.5, 0.6) is 0 Å². The molecule has 0 atom stereocenters. The molecule has 7 nitrogen and oxygen atoms in total. The highest BCUT2D eigenvalue weighted by molar-refractivity contribution is 6.32. The van der Waals surface area contributed by atoms with E-state index < -0.39 is 17.5 Å². The van der Waals surface area contributed by atoms with Crippen LogP contribution in [0.15, 0.2) is 18.2 Å². The maximum Gasteiger partial charge on any atom is 0.338 e. The maximum absolute atomic E-state index is 12.2. The van der Waals surface area contributed by atoms with Crippen LogP contribution in [0, 0.1) is 16.0 Å². The van der Waals surface area contributed by atoms with E-state index in [1.807, 2.05) is 0 Å². The topological polar surface area (TPSA) is 89.8 Å². The molecule has 2 rings (SSSR count). The van der Waals surface area contributed by atoms with Crippen molar-refractivity contribution in [2.45, 2.75) is 38.6 Å². The van der Waals surface area contributed by atoms with Crippen LogP contribution in [-0.4, -0.2) is 41.4 Å². The lowest BCUT2D eigenvalue weighted by Gasteiger charge is -2.33. The van der Waals surface area contributed by atoms with Crippen LogP contribution in [0.3, 0.4) is 0 Å². The molecular formula is C17H21ClN2O5. The smallest absolute Gasteiger partial charge is 0.338 e. The Morgan fingerprint density at radius 1 is 1.32 bits per heavy atom. The van der Waals surface area contributed by atoms with E-state index in [9.17, 15) is 19.7 Å². The first-order chi connectivity index (χ1) is 11.8. The number of esters is 1. The first-order valence-electron chi connectivity index (χ1n) is 8.16. The van der Waals surface area contributed by atoms with Crippen molar-refractivity contribution in [3.8, 4) is 0 Å². The zero-order valence-corrected chi connectivity index (χ0v) is 15.0. The maximum atomic E-state index is 12.2. The van der Waals surface area contributed by atoms with Crippen LogP contribution in [0.25, 0.3) is 0 Å². The van der Waals surface area contributed by atoms with Gasteiger partial charge in [-0.05, 0) is 43.7 Å². The molecule has 25 heavy (non-hydrogen) atoms. The molecule has 8 heteroatoms. The van der Waals surface area contributed by atoms with Crippen LogP contribution in [0.4, 0.5) is 5.69 Å². The highest BCUT2D eigenvalue weighted by Gasteiger charge is 2.25. The van der Waals surface area contributed by atoms with Gasteiger partial charge in [0.25, 0.3) is 11.6 Å². The fraction of sp³-hybridized carbons (Fsp3) is 0.529. The van der Waals surface area contributed by atoms with Crippen molar-refractivity contribution in [2.24, 2.45) is 5.92 Å². The summed E-state index contributed by atoms with van der Waals surface area (Å²) < 4.78 is 5.00. The summed E-state index contributed by atoms with van der Waals surface area (Å²) in [6.45, 7) is 1.81. The Balaban J connectivity index is 1.92. The monoisotopic (exact) mass is 368 g/mol. The summed E-state index contributed by atoms with van der Waals surface area (Å²) in [4.78, 5) is 36.0. The Kier molecular flexibility index (Phi) is 6.36. The minimum absolute atomic E-state index is 0.0157. The minimum atomic E-state index is -0.793. The lowest BCUT2D eigenvalue weighted by atomic mass is 9.87. The third-order valence-corrected chi connectivity index (χ3v) is 4.95. The molecular weight excluding hydrogens is 348 g/mol. The zero-order valence-electron chi connectivity index (χ0n) is 14.2. The predicted octanol–water partition coefficient (Wildman–Crippen LogP) is 3.44. The normalized spacial score (nSPS) is 20.0. The molecule has 1 aromatic carbocycles. The first-order valence-corrected chi connectivity index (χ1v) is 8.54. The van der Waals surface area contributed by atoms with Gasteiger partial charge in [0.1, 0.15) is 5.02 Å². The van der Waals surface area contributed by atoms with E-state index in [1.165, 1.54) is 12.1 Å². The Morgan fingerprint density at radius 3 is 2.56 bits per heavy atom. The number of halogens is 1. The van der Waals surface area contributed by atoms with Crippen molar-refractivity contribution in [1.29, 1.82) is 0 Å². The van der Waals surface area contributed by atoms with E-state index in [2.05, 4.69) is 6.92 Å². The number of ether oxygens (including phenoxy) is 1. The molecule has 1 aliphatic rings. The van der Waals surface area contributed by atoms with Gasteiger partial charge in [-0.25, -0.2) is 4.79 Å². The van der Waals surface area contributed by atoms with E-state index in [4.69, 9.17) is 16.3 Å². The van der Waals surface area contributed by atoms with Crippen molar-refractivity contribution < 1.29 is 19.2 Å². The van der Waals surface area contributed by atoms with Crippen molar-refractivity contribution >= 4 is 29.2 Å². The van der Waals surface area contributed by atoms with Gasteiger partial charge in [-0.3, -0.25) is 14.9 Å². The van der Waals surface area contributed by atoms with E-state index in [0.29, 0.717) is 5.92 Å². The van der Waals surface area contributed by atoms with Gasteiger partial charge in [0.05, 0.1) is 10.5 Å². The van der Waals surface area contributed by atoms with Gasteiger partial charge in [-0.15, -0.1) is 0 Å². The summed E-state index contributed by atoms with van der Waals surface area (Å²) in [6, 6.07) is 3.79. The Hall–Kier alpha value is -2.15. The fourth-order valence-corrected chi connectivity index (χ4v) is 3.11. The number of amides is 1. The first kappa shape index (κ1) is 19.2. The molecule has 1 amide bonds. The van der Waals surface area contributed by atoms with Gasteiger partial charge in [0.2, 0.25) is 0 Å². The molecule has 0 aromatic heterocycles. The molecule has 0 radical (unpaired) electrons. The van der Waals surface area contributed by atoms with E-state index >= 15 is 0 Å². The quantitative estimate of drug-likeness (QED) is 0.451. The summed E-state index contributed by atoms with van der Waals surface area (Å²) in [5.41, 5.74) is -0.395. The number of nitro groups is 1. The molecule has 0 bridgehead atoms. The molecule has 1 aromatic rings. The van der Waals surface area contributed by atoms with Crippen molar-refractivity contribution in [3.63, 3.8) is 0 Å². The van der Waals surface area contributed by atoms with Gasteiger partial charge in [0.15, 0.2) is 6.61 Å². The van der Waals surface area contributed by atoms with Gasteiger partial charge < -0.3 is 9.64 Å². The number of hydrogen-bond acceptors (Lipinski definition) is 5. The number of carbonyl (C=O) groups excluding carboxylic acids is 2. The summed E-state index contributed by atoms with van der Waals surface area (Å²) in [5, 5.41) is 10.8. The molecule has 0 heterocycles. The average molecular weight is 369 g/mol. The summed E-state index contributed by atoms with van der Waals surface area (Å²) in [5.74, 6) is -0.395. The molecule has 0 N–H and O–H groups in total. The number of carbonyl (C=O) groups is 2. The number of rotatable bonds is 5. The van der Waals surface area contributed by atoms with Gasteiger partial charge >= 0.3 is 5.97 Å². The van der Waals surface area contributed by atoms with Crippen LogP contribution in [-0.2, 0) is 9.53 Å². The molecule has 136 valence electrons. The van der Waals surface area contributed by atoms with Crippen molar-refractivity contribution in [3.05, 3.63) is 38.9 Å². The lowest BCUT2D eigenvalue weighted by molar-refractivity contribution is -0.384. The molecule has 1 aliphatic carbocycles. The SMILES string of the molecule is CC1CCC(N(C)C(=O)COC(=O)c2ccc(Cl)c([N+](=O)[O-])c2)CC1. The highest BCUT2D eigenvalue weighted by Crippen LogP contribution is 2.27. The third kappa shape index (κ3) is 4.92. The second-order valence-electron chi connectivity index (χ2n) is 6.42. The third-order valence-electron chi connectivity index (χ3n) is 4.63. The second kappa shape index (κ2) is 8.29. The zero-order chi connectivity index (χ0) is 18.6. The van der Waals surface area contributed by atoms with E-state index in [1.54, 1.807) is 11.9 Å². The number of benzene rings is 1. The average Bonchev–Trinajstić information content (AvgIpc) is 2.59. The van der Waals surface area contributed by atoms with Crippen LogP contribution in [0.1, 0.15) is 43.0 Å². The number of hydrogen-bond donors (Lipinski definition) is 0. The van der Waals surface area contributed by atoms with Gasteiger partial charge in [-0.2, -0.15) is 0 Å².